The summed E-state index contributed by atoms with van der Waals surface area (Å²) in [6, 6.07) is 7.44. The van der Waals surface area contributed by atoms with Crippen molar-refractivity contribution in [1.82, 2.24) is 9.88 Å². The lowest BCUT2D eigenvalue weighted by Crippen LogP contribution is -2.44. The largest absolute Gasteiger partial charge is 0.350 e. The van der Waals surface area contributed by atoms with Crippen LogP contribution >= 0.6 is 11.6 Å². The molecule has 2 saturated heterocycles. The highest BCUT2D eigenvalue weighted by Crippen LogP contribution is 2.27. The molecule has 132 valence electrons. The molecule has 4 rings (SSSR count). The number of benzene rings is 1. The molecule has 1 unspecified atom stereocenters. The van der Waals surface area contributed by atoms with Crippen molar-refractivity contribution in [2.45, 2.75) is 26.1 Å². The Morgan fingerprint density at radius 1 is 1.28 bits per heavy atom. The van der Waals surface area contributed by atoms with Gasteiger partial charge in [-0.15, -0.1) is 0 Å². The third kappa shape index (κ3) is 3.36. The van der Waals surface area contributed by atoms with Crippen molar-refractivity contribution in [3.05, 3.63) is 40.5 Å². The van der Waals surface area contributed by atoms with Crippen molar-refractivity contribution in [3.63, 3.8) is 0 Å². The van der Waals surface area contributed by atoms with E-state index in [2.05, 4.69) is 4.98 Å². The minimum atomic E-state index is -0.176. The molecule has 0 saturated carbocycles. The summed E-state index contributed by atoms with van der Waals surface area (Å²) < 4.78 is 11.3. The lowest BCUT2D eigenvalue weighted by Gasteiger charge is -2.35. The van der Waals surface area contributed by atoms with E-state index in [-0.39, 0.29) is 18.1 Å². The number of hydrogen-bond donors (Lipinski definition) is 0. The van der Waals surface area contributed by atoms with E-state index in [1.807, 2.05) is 36.1 Å². The van der Waals surface area contributed by atoms with E-state index >= 15 is 0 Å². The summed E-state index contributed by atoms with van der Waals surface area (Å²) in [6.45, 7) is 4.59. The highest BCUT2D eigenvalue weighted by atomic mass is 35.5. The number of likely N-dealkylation sites (tertiary alicyclic amines) is 1. The molecule has 6 heteroatoms. The van der Waals surface area contributed by atoms with Crippen molar-refractivity contribution in [2.24, 2.45) is 5.92 Å². The van der Waals surface area contributed by atoms with Gasteiger partial charge >= 0.3 is 0 Å². The molecule has 2 fully saturated rings. The number of aryl methyl sites for hydroxylation is 1. The number of halogens is 1. The standard InChI is InChI=1S/C19H21ClN2O3/c1-12-16(10-14-9-15(20)4-5-17(14)21-12)18(23)22-6-2-3-13(11-22)19-24-7-8-25-19/h4-5,9-10,13,19H,2-3,6-8,11H2,1H3. The number of rotatable bonds is 2. The molecule has 0 radical (unpaired) electrons. The average Bonchev–Trinajstić information content (AvgIpc) is 3.16. The maximum absolute atomic E-state index is 13.1. The fraction of sp³-hybridized carbons (Fsp3) is 0.474. The summed E-state index contributed by atoms with van der Waals surface area (Å²) >= 11 is 6.08. The Morgan fingerprint density at radius 2 is 2.08 bits per heavy atom. The number of carbonyl (C=O) groups is 1. The molecule has 0 N–H and O–H groups in total. The SMILES string of the molecule is Cc1nc2ccc(Cl)cc2cc1C(=O)N1CCCC(C2OCCO2)C1. The number of aromatic nitrogens is 1. The van der Waals surface area contributed by atoms with Gasteiger partial charge < -0.3 is 14.4 Å². The van der Waals surface area contributed by atoms with Crippen LogP contribution < -0.4 is 0 Å². The Hall–Kier alpha value is -1.69. The first-order valence-corrected chi connectivity index (χ1v) is 9.09. The van der Waals surface area contributed by atoms with Gasteiger partial charge in [-0.2, -0.15) is 0 Å². The number of fused-ring (bicyclic) bond motifs is 1. The van der Waals surface area contributed by atoms with Gasteiger partial charge in [0.25, 0.3) is 5.91 Å². The topological polar surface area (TPSA) is 51.7 Å². The summed E-state index contributed by atoms with van der Waals surface area (Å²) in [6.07, 6.45) is 1.81. The molecule has 5 nitrogen and oxygen atoms in total. The number of carbonyl (C=O) groups excluding carboxylic acids is 1. The summed E-state index contributed by atoms with van der Waals surface area (Å²) in [5.41, 5.74) is 2.24. The van der Waals surface area contributed by atoms with E-state index in [4.69, 9.17) is 21.1 Å². The maximum Gasteiger partial charge on any atom is 0.255 e. The van der Waals surface area contributed by atoms with Crippen molar-refractivity contribution >= 4 is 28.4 Å². The molecular weight excluding hydrogens is 340 g/mol. The second-order valence-corrected chi connectivity index (χ2v) is 7.16. The second-order valence-electron chi connectivity index (χ2n) is 6.72. The number of amides is 1. The first-order valence-electron chi connectivity index (χ1n) is 8.71. The Balaban J connectivity index is 1.59. The van der Waals surface area contributed by atoms with Crippen LogP contribution in [0.25, 0.3) is 10.9 Å². The first-order chi connectivity index (χ1) is 12.1. The van der Waals surface area contributed by atoms with Crippen molar-refractivity contribution in [2.75, 3.05) is 26.3 Å². The van der Waals surface area contributed by atoms with E-state index in [9.17, 15) is 4.79 Å². The Kier molecular flexibility index (Phi) is 4.63. The van der Waals surface area contributed by atoms with Gasteiger partial charge in [-0.05, 0) is 44.0 Å². The van der Waals surface area contributed by atoms with Crippen LogP contribution in [0.1, 0.15) is 28.9 Å². The lowest BCUT2D eigenvalue weighted by atomic mass is 9.96. The zero-order valence-electron chi connectivity index (χ0n) is 14.2. The van der Waals surface area contributed by atoms with Crippen LogP contribution in [0.5, 0.6) is 0 Å². The van der Waals surface area contributed by atoms with Crippen LogP contribution in [0.15, 0.2) is 24.3 Å². The zero-order chi connectivity index (χ0) is 17.4. The molecule has 0 spiro atoms. The summed E-state index contributed by atoms with van der Waals surface area (Å²) in [4.78, 5) is 19.6. The van der Waals surface area contributed by atoms with Crippen molar-refractivity contribution < 1.29 is 14.3 Å². The minimum Gasteiger partial charge on any atom is -0.350 e. The molecule has 3 heterocycles. The van der Waals surface area contributed by atoms with Gasteiger partial charge in [-0.25, -0.2) is 0 Å². The van der Waals surface area contributed by atoms with Crippen LogP contribution in [-0.4, -0.2) is 48.4 Å². The molecule has 2 aromatic rings. The number of nitrogens with zero attached hydrogens (tertiary/aromatic N) is 2. The van der Waals surface area contributed by atoms with E-state index in [1.165, 1.54) is 0 Å². The van der Waals surface area contributed by atoms with Crippen LogP contribution in [-0.2, 0) is 9.47 Å². The van der Waals surface area contributed by atoms with Gasteiger partial charge in [0.05, 0.1) is 30.0 Å². The summed E-state index contributed by atoms with van der Waals surface area (Å²) in [5.74, 6) is 0.262. The number of ether oxygens (including phenoxy) is 2. The van der Waals surface area contributed by atoms with Crippen LogP contribution in [0, 0.1) is 12.8 Å². The molecule has 1 amide bonds. The van der Waals surface area contributed by atoms with Crippen molar-refractivity contribution in [3.8, 4) is 0 Å². The molecular formula is C19H21ClN2O3. The molecule has 25 heavy (non-hydrogen) atoms. The third-order valence-corrected chi connectivity index (χ3v) is 5.21. The van der Waals surface area contributed by atoms with Gasteiger partial charge in [-0.3, -0.25) is 9.78 Å². The van der Waals surface area contributed by atoms with Gasteiger partial charge in [0.1, 0.15) is 0 Å². The molecule has 1 aromatic heterocycles. The number of pyridine rings is 1. The highest BCUT2D eigenvalue weighted by molar-refractivity contribution is 6.31. The van der Waals surface area contributed by atoms with Gasteiger partial charge in [0, 0.05) is 29.4 Å². The highest BCUT2D eigenvalue weighted by Gasteiger charge is 2.33. The third-order valence-electron chi connectivity index (χ3n) is 4.98. The first kappa shape index (κ1) is 16.8. The van der Waals surface area contributed by atoms with Gasteiger partial charge in [0.2, 0.25) is 0 Å². The Bertz CT molecular complexity index is 805. The maximum atomic E-state index is 13.1. The smallest absolute Gasteiger partial charge is 0.255 e. The van der Waals surface area contributed by atoms with E-state index in [0.717, 1.165) is 36.0 Å². The van der Waals surface area contributed by atoms with Gasteiger partial charge in [0.15, 0.2) is 6.29 Å². The normalized spacial score (nSPS) is 21.8. The van der Waals surface area contributed by atoms with E-state index < -0.39 is 0 Å². The molecule has 2 aliphatic rings. The van der Waals surface area contributed by atoms with Crippen LogP contribution in [0.4, 0.5) is 0 Å². The lowest BCUT2D eigenvalue weighted by molar-refractivity contribution is -0.0969. The summed E-state index contributed by atoms with van der Waals surface area (Å²) in [7, 11) is 0. The Morgan fingerprint density at radius 3 is 2.88 bits per heavy atom. The van der Waals surface area contributed by atoms with Crippen LogP contribution in [0.3, 0.4) is 0 Å². The summed E-state index contributed by atoms with van der Waals surface area (Å²) in [5, 5.41) is 1.53. The second kappa shape index (κ2) is 6.90. The predicted molar refractivity (Wildman–Crippen MR) is 95.8 cm³/mol. The minimum absolute atomic E-state index is 0.0228. The van der Waals surface area contributed by atoms with E-state index in [0.29, 0.717) is 30.3 Å². The zero-order valence-corrected chi connectivity index (χ0v) is 15.0. The van der Waals surface area contributed by atoms with Crippen molar-refractivity contribution in [1.29, 1.82) is 0 Å². The average molecular weight is 361 g/mol. The number of piperidine rings is 1. The van der Waals surface area contributed by atoms with Gasteiger partial charge in [-0.1, -0.05) is 11.6 Å². The fourth-order valence-corrected chi connectivity index (χ4v) is 3.88. The molecule has 2 aliphatic heterocycles. The van der Waals surface area contributed by atoms with Crippen LogP contribution in [0.2, 0.25) is 5.02 Å². The molecule has 1 aromatic carbocycles. The monoisotopic (exact) mass is 360 g/mol. The molecule has 0 bridgehead atoms. The Labute approximate surface area is 151 Å². The predicted octanol–water partition coefficient (Wildman–Crippen LogP) is 3.42. The number of hydrogen-bond acceptors (Lipinski definition) is 4. The fourth-order valence-electron chi connectivity index (χ4n) is 3.70. The quantitative estimate of drug-likeness (QED) is 0.823. The molecule has 1 atom stereocenters. The molecule has 0 aliphatic carbocycles. The van der Waals surface area contributed by atoms with E-state index in [1.54, 1.807) is 0 Å².